The Balaban J connectivity index is 3.21. The summed E-state index contributed by atoms with van der Waals surface area (Å²) >= 11 is 1.96. The lowest BCUT2D eigenvalue weighted by molar-refractivity contribution is 0.0689. The Labute approximate surface area is 114 Å². The number of benzene rings is 1. The molecule has 0 heterocycles. The molecule has 0 bridgehead atoms. The third-order valence-corrected chi connectivity index (χ3v) is 2.86. The molecule has 0 spiro atoms. The van der Waals surface area contributed by atoms with Gasteiger partial charge in [-0.2, -0.15) is 0 Å². The molecule has 0 saturated carbocycles. The molecule has 2 N–H and O–H groups in total. The van der Waals surface area contributed by atoms with Crippen molar-refractivity contribution >= 4 is 34.5 Å². The quantitative estimate of drug-likeness (QED) is 0.808. The minimum atomic E-state index is -1.09. The van der Waals surface area contributed by atoms with Crippen LogP contribution in [-0.4, -0.2) is 22.5 Å². The predicted octanol–water partition coefficient (Wildman–Crippen LogP) is 2.52. The molecule has 0 unspecified atom stereocenters. The second-order valence-corrected chi connectivity index (χ2v) is 5.83. The summed E-state index contributed by atoms with van der Waals surface area (Å²) in [6, 6.07) is 4.77. The Bertz CT molecular complexity index is 463. The number of hydrogen-bond donors (Lipinski definition) is 2. The number of carboxylic acids is 1. The lowest BCUT2D eigenvalue weighted by Crippen LogP contribution is -2.41. The molecule has 0 aliphatic carbocycles. The van der Waals surface area contributed by atoms with Gasteiger partial charge in [0, 0.05) is 9.11 Å². The number of aromatic carboxylic acids is 1. The summed E-state index contributed by atoms with van der Waals surface area (Å²) in [6.45, 7) is 5.55. The van der Waals surface area contributed by atoms with Gasteiger partial charge in [-0.25, -0.2) is 4.79 Å². The number of hydrogen-bond acceptors (Lipinski definition) is 2. The zero-order valence-corrected chi connectivity index (χ0v) is 12.0. The third-order valence-electron chi connectivity index (χ3n) is 1.96. The van der Waals surface area contributed by atoms with Gasteiger partial charge in [-0.05, 0) is 55.5 Å². The Morgan fingerprint density at radius 2 is 1.88 bits per heavy atom. The Hall–Kier alpha value is -1.11. The molecule has 0 aromatic heterocycles. The van der Waals surface area contributed by atoms with E-state index in [9.17, 15) is 9.59 Å². The van der Waals surface area contributed by atoms with Crippen LogP contribution in [0.3, 0.4) is 0 Å². The number of amides is 1. The zero-order chi connectivity index (χ0) is 13.2. The standard InChI is InChI=1S/C12H14INO3/c1-12(2,3)14-10(15)9-7(11(16)17)5-4-6-8(9)13/h4-6H,1-3H3,(H,14,15)(H,16,17). The van der Waals surface area contributed by atoms with Gasteiger partial charge in [0.1, 0.15) is 0 Å². The molecule has 0 fully saturated rings. The van der Waals surface area contributed by atoms with E-state index in [4.69, 9.17) is 5.11 Å². The highest BCUT2D eigenvalue weighted by molar-refractivity contribution is 14.1. The van der Waals surface area contributed by atoms with Crippen molar-refractivity contribution in [1.29, 1.82) is 0 Å². The van der Waals surface area contributed by atoms with Gasteiger partial charge in [0.05, 0.1) is 11.1 Å². The van der Waals surface area contributed by atoms with Gasteiger partial charge in [-0.3, -0.25) is 4.79 Å². The fourth-order valence-corrected chi connectivity index (χ4v) is 2.08. The van der Waals surface area contributed by atoms with Gasteiger partial charge < -0.3 is 10.4 Å². The first kappa shape index (κ1) is 14.0. The summed E-state index contributed by atoms with van der Waals surface area (Å²) in [5.74, 6) is -1.46. The minimum absolute atomic E-state index is 0.0265. The SMILES string of the molecule is CC(C)(C)NC(=O)c1c(I)cccc1C(=O)O. The van der Waals surface area contributed by atoms with Gasteiger partial charge in [0.2, 0.25) is 0 Å². The average Bonchev–Trinajstić information content (AvgIpc) is 2.13. The molecule has 0 aliphatic heterocycles. The fraction of sp³-hybridized carbons (Fsp3) is 0.333. The van der Waals surface area contributed by atoms with Gasteiger partial charge in [-0.1, -0.05) is 6.07 Å². The summed E-state index contributed by atoms with van der Waals surface area (Å²) in [7, 11) is 0. The highest BCUT2D eigenvalue weighted by Crippen LogP contribution is 2.18. The first-order valence-electron chi connectivity index (χ1n) is 5.06. The lowest BCUT2D eigenvalue weighted by atomic mass is 10.0. The molecular weight excluding hydrogens is 333 g/mol. The van der Waals surface area contributed by atoms with Crippen molar-refractivity contribution in [2.24, 2.45) is 0 Å². The van der Waals surface area contributed by atoms with Crippen molar-refractivity contribution in [2.45, 2.75) is 26.3 Å². The van der Waals surface area contributed by atoms with Crippen LogP contribution in [0.25, 0.3) is 0 Å². The molecular formula is C12H14INO3. The summed E-state index contributed by atoms with van der Waals surface area (Å²) in [4.78, 5) is 23.1. The fourth-order valence-electron chi connectivity index (χ4n) is 1.34. The number of carbonyl (C=O) groups is 2. The number of carbonyl (C=O) groups excluding carboxylic acids is 1. The second kappa shape index (κ2) is 5.03. The van der Waals surface area contributed by atoms with Crippen molar-refractivity contribution in [3.8, 4) is 0 Å². The Kier molecular flexibility index (Phi) is 4.13. The van der Waals surface area contributed by atoms with E-state index in [0.717, 1.165) is 0 Å². The average molecular weight is 347 g/mol. The largest absolute Gasteiger partial charge is 0.478 e. The van der Waals surface area contributed by atoms with Gasteiger partial charge in [-0.15, -0.1) is 0 Å². The molecule has 0 atom stereocenters. The summed E-state index contributed by atoms with van der Waals surface area (Å²) < 4.78 is 0.629. The molecule has 0 radical (unpaired) electrons. The number of nitrogens with one attached hydrogen (secondary N) is 1. The second-order valence-electron chi connectivity index (χ2n) is 4.67. The van der Waals surface area contributed by atoms with E-state index < -0.39 is 11.5 Å². The maximum atomic E-state index is 12.0. The van der Waals surface area contributed by atoms with Gasteiger partial charge in [0.15, 0.2) is 0 Å². The zero-order valence-electron chi connectivity index (χ0n) is 9.87. The van der Waals surface area contributed by atoms with Crippen LogP contribution in [0, 0.1) is 3.57 Å². The molecule has 17 heavy (non-hydrogen) atoms. The molecule has 1 aromatic carbocycles. The maximum Gasteiger partial charge on any atom is 0.336 e. The van der Waals surface area contributed by atoms with Crippen LogP contribution >= 0.6 is 22.6 Å². The van der Waals surface area contributed by atoms with Crippen molar-refractivity contribution in [2.75, 3.05) is 0 Å². The molecule has 92 valence electrons. The summed E-state index contributed by atoms with van der Waals surface area (Å²) in [5.41, 5.74) is -0.152. The van der Waals surface area contributed by atoms with Crippen LogP contribution in [0.15, 0.2) is 18.2 Å². The third kappa shape index (κ3) is 3.69. The number of rotatable bonds is 2. The highest BCUT2D eigenvalue weighted by Gasteiger charge is 2.22. The maximum absolute atomic E-state index is 12.0. The molecule has 0 aliphatic rings. The summed E-state index contributed by atoms with van der Waals surface area (Å²) in [6.07, 6.45) is 0. The van der Waals surface area contributed by atoms with Crippen molar-refractivity contribution in [3.63, 3.8) is 0 Å². The van der Waals surface area contributed by atoms with Crippen molar-refractivity contribution < 1.29 is 14.7 Å². The molecule has 1 amide bonds. The summed E-state index contributed by atoms with van der Waals surface area (Å²) in [5, 5.41) is 11.8. The first-order valence-corrected chi connectivity index (χ1v) is 6.14. The van der Waals surface area contributed by atoms with Crippen LogP contribution in [0.2, 0.25) is 0 Å². The molecule has 0 saturated heterocycles. The van der Waals surface area contributed by atoms with Crippen LogP contribution < -0.4 is 5.32 Å². The van der Waals surface area contributed by atoms with E-state index in [-0.39, 0.29) is 17.0 Å². The van der Waals surface area contributed by atoms with Crippen LogP contribution in [0.1, 0.15) is 41.5 Å². The molecule has 1 aromatic rings. The number of halogens is 1. The van der Waals surface area contributed by atoms with E-state index in [1.54, 1.807) is 12.1 Å². The minimum Gasteiger partial charge on any atom is -0.478 e. The lowest BCUT2D eigenvalue weighted by Gasteiger charge is -2.21. The van der Waals surface area contributed by atoms with Crippen molar-refractivity contribution in [1.82, 2.24) is 5.32 Å². The van der Waals surface area contributed by atoms with Crippen LogP contribution in [0.4, 0.5) is 0 Å². The van der Waals surface area contributed by atoms with E-state index >= 15 is 0 Å². The van der Waals surface area contributed by atoms with Gasteiger partial charge >= 0.3 is 5.97 Å². The normalized spacial score (nSPS) is 11.1. The van der Waals surface area contributed by atoms with E-state index in [1.165, 1.54) is 6.07 Å². The monoisotopic (exact) mass is 347 g/mol. The van der Waals surface area contributed by atoms with Crippen LogP contribution in [-0.2, 0) is 0 Å². The van der Waals surface area contributed by atoms with E-state index in [2.05, 4.69) is 5.32 Å². The Morgan fingerprint density at radius 1 is 1.29 bits per heavy atom. The van der Waals surface area contributed by atoms with Crippen LogP contribution in [0.5, 0.6) is 0 Å². The molecule has 1 rings (SSSR count). The Morgan fingerprint density at radius 3 is 2.35 bits per heavy atom. The van der Waals surface area contributed by atoms with Gasteiger partial charge in [0.25, 0.3) is 5.91 Å². The predicted molar refractivity (Wildman–Crippen MR) is 73.3 cm³/mol. The number of carboxylic acid groups (broad SMARTS) is 1. The molecule has 4 nitrogen and oxygen atoms in total. The highest BCUT2D eigenvalue weighted by atomic mass is 127. The van der Waals surface area contributed by atoms with E-state index in [1.807, 2.05) is 43.4 Å². The first-order chi connectivity index (χ1) is 7.72. The smallest absolute Gasteiger partial charge is 0.336 e. The van der Waals surface area contributed by atoms with Crippen molar-refractivity contribution in [3.05, 3.63) is 32.9 Å². The van der Waals surface area contributed by atoms with E-state index in [0.29, 0.717) is 3.57 Å². The topological polar surface area (TPSA) is 66.4 Å². The molecule has 5 heteroatoms.